The summed E-state index contributed by atoms with van der Waals surface area (Å²) in [5.74, 6) is 0.949. The fraction of sp³-hybridized carbons (Fsp3) is 0.312. The van der Waals surface area contributed by atoms with Gasteiger partial charge in [-0.25, -0.2) is 4.79 Å². The Morgan fingerprint density at radius 1 is 1.13 bits per heavy atom. The second kappa shape index (κ2) is 8.40. The first-order chi connectivity index (χ1) is 11.1. The number of esters is 1. The van der Waals surface area contributed by atoms with Gasteiger partial charge in [0.15, 0.2) is 0 Å². The Morgan fingerprint density at radius 2 is 1.91 bits per heavy atom. The highest BCUT2D eigenvalue weighted by Gasteiger charge is 2.08. The molecule has 1 aromatic heterocycles. The average molecular weight is 337 g/mol. The maximum atomic E-state index is 11.3. The number of hydrogen-bond donors (Lipinski definition) is 1. The molecular weight excluding hydrogens is 318 g/mol. The summed E-state index contributed by atoms with van der Waals surface area (Å²) in [5, 5.41) is 0. The monoisotopic (exact) mass is 337 g/mol. The second-order valence-corrected chi connectivity index (χ2v) is 5.77. The van der Waals surface area contributed by atoms with Crippen molar-refractivity contribution in [2.75, 3.05) is 33.2 Å². The van der Waals surface area contributed by atoms with Gasteiger partial charge in [0.2, 0.25) is 0 Å². The Morgan fingerprint density at radius 3 is 2.65 bits per heavy atom. The van der Waals surface area contributed by atoms with Crippen molar-refractivity contribution in [3.05, 3.63) is 40.1 Å². The Labute approximate surface area is 138 Å². The number of nitrogen functional groups attached to an aromatic ring is 1. The molecule has 2 N–H and O–H groups in total. The number of carbonyl (C=O) groups excluding carboxylic acids is 1. The molecule has 2 rings (SSSR count). The zero-order chi connectivity index (χ0) is 16.7. The first kappa shape index (κ1) is 17.1. The van der Waals surface area contributed by atoms with Crippen molar-refractivity contribution >= 4 is 23.0 Å². The van der Waals surface area contributed by atoms with Crippen molar-refractivity contribution in [3.63, 3.8) is 0 Å². The fourth-order valence-electron chi connectivity index (χ4n) is 1.85. The highest BCUT2D eigenvalue weighted by molar-refractivity contribution is 7.13. The molecule has 2 aromatic rings. The van der Waals surface area contributed by atoms with Crippen LogP contribution in [0.15, 0.2) is 30.3 Å². The van der Waals surface area contributed by atoms with Crippen LogP contribution in [0.4, 0.5) is 5.69 Å². The molecule has 0 amide bonds. The highest BCUT2D eigenvalue weighted by Crippen LogP contribution is 2.24. The van der Waals surface area contributed by atoms with Crippen LogP contribution in [-0.4, -0.2) is 33.4 Å². The van der Waals surface area contributed by atoms with Gasteiger partial charge in [-0.05, 0) is 12.1 Å². The van der Waals surface area contributed by atoms with Crippen LogP contribution in [0.1, 0.15) is 14.5 Å². The lowest BCUT2D eigenvalue weighted by Gasteiger charge is -2.09. The van der Waals surface area contributed by atoms with Crippen LogP contribution in [-0.2, 0) is 16.1 Å². The van der Waals surface area contributed by atoms with Crippen molar-refractivity contribution in [1.29, 1.82) is 0 Å². The van der Waals surface area contributed by atoms with Crippen molar-refractivity contribution in [2.24, 2.45) is 0 Å². The minimum absolute atomic E-state index is 0.333. The van der Waals surface area contributed by atoms with Gasteiger partial charge in [0.1, 0.15) is 23.0 Å². The number of nitrogens with two attached hydrogens (primary N) is 1. The van der Waals surface area contributed by atoms with E-state index in [4.69, 9.17) is 19.9 Å². The lowest BCUT2D eigenvalue weighted by atomic mass is 10.3. The Kier molecular flexibility index (Phi) is 6.25. The predicted molar refractivity (Wildman–Crippen MR) is 88.2 cm³/mol. The summed E-state index contributed by atoms with van der Waals surface area (Å²) < 4.78 is 20.9. The maximum Gasteiger partial charge on any atom is 0.348 e. The van der Waals surface area contributed by atoms with Crippen LogP contribution in [0.2, 0.25) is 0 Å². The van der Waals surface area contributed by atoms with Gasteiger partial charge in [-0.1, -0.05) is 0 Å². The fourth-order valence-corrected chi connectivity index (χ4v) is 2.72. The molecule has 0 spiro atoms. The Balaban J connectivity index is 1.72. The molecule has 0 unspecified atom stereocenters. The Bertz CT molecular complexity index is 656. The lowest BCUT2D eigenvalue weighted by Crippen LogP contribution is -2.06. The van der Waals surface area contributed by atoms with E-state index in [2.05, 4.69) is 4.74 Å². The molecule has 124 valence electrons. The topological polar surface area (TPSA) is 80.0 Å². The van der Waals surface area contributed by atoms with E-state index in [9.17, 15) is 4.79 Å². The summed E-state index contributed by atoms with van der Waals surface area (Å²) in [5.41, 5.74) is 6.33. The molecule has 7 heteroatoms. The molecule has 0 aliphatic heterocycles. The molecule has 6 nitrogen and oxygen atoms in total. The van der Waals surface area contributed by atoms with Crippen LogP contribution >= 0.6 is 11.3 Å². The van der Waals surface area contributed by atoms with Crippen molar-refractivity contribution in [3.8, 4) is 11.5 Å². The number of anilines is 1. The molecule has 0 bridgehead atoms. The molecule has 0 radical (unpaired) electrons. The third kappa shape index (κ3) is 5.15. The van der Waals surface area contributed by atoms with Crippen LogP contribution < -0.4 is 15.2 Å². The van der Waals surface area contributed by atoms with E-state index in [0.29, 0.717) is 41.9 Å². The lowest BCUT2D eigenvalue weighted by molar-refractivity contribution is 0.0606. The van der Waals surface area contributed by atoms with Gasteiger partial charge in [-0.15, -0.1) is 11.3 Å². The van der Waals surface area contributed by atoms with Crippen molar-refractivity contribution in [2.45, 2.75) is 6.61 Å². The van der Waals surface area contributed by atoms with Crippen LogP contribution in [0, 0.1) is 0 Å². The van der Waals surface area contributed by atoms with Gasteiger partial charge in [-0.3, -0.25) is 0 Å². The molecule has 1 aromatic carbocycles. The van der Waals surface area contributed by atoms with E-state index in [-0.39, 0.29) is 5.97 Å². The number of carbonyl (C=O) groups is 1. The van der Waals surface area contributed by atoms with Gasteiger partial charge in [0, 0.05) is 28.8 Å². The largest absolute Gasteiger partial charge is 0.497 e. The summed E-state index contributed by atoms with van der Waals surface area (Å²) in [6, 6.07) is 8.78. The van der Waals surface area contributed by atoms with E-state index in [0.717, 1.165) is 4.88 Å². The quantitative estimate of drug-likeness (QED) is 0.453. The first-order valence-corrected chi connectivity index (χ1v) is 7.76. The number of benzene rings is 1. The van der Waals surface area contributed by atoms with Crippen molar-refractivity contribution < 1.29 is 23.7 Å². The first-order valence-electron chi connectivity index (χ1n) is 6.94. The van der Waals surface area contributed by atoms with Gasteiger partial charge >= 0.3 is 5.97 Å². The molecule has 0 aliphatic carbocycles. The van der Waals surface area contributed by atoms with E-state index in [1.165, 1.54) is 18.4 Å². The number of hydrogen-bond acceptors (Lipinski definition) is 7. The van der Waals surface area contributed by atoms with E-state index in [1.54, 1.807) is 31.4 Å². The van der Waals surface area contributed by atoms with Gasteiger partial charge in [-0.2, -0.15) is 0 Å². The smallest absolute Gasteiger partial charge is 0.348 e. The van der Waals surface area contributed by atoms with E-state index < -0.39 is 0 Å². The second-order valence-electron chi connectivity index (χ2n) is 4.60. The molecule has 1 heterocycles. The Hall–Kier alpha value is -2.25. The summed E-state index contributed by atoms with van der Waals surface area (Å²) in [6.07, 6.45) is 0. The third-order valence-electron chi connectivity index (χ3n) is 2.93. The van der Waals surface area contributed by atoms with Crippen LogP contribution in [0.5, 0.6) is 11.5 Å². The normalized spacial score (nSPS) is 10.3. The highest BCUT2D eigenvalue weighted by atomic mass is 32.1. The molecule has 23 heavy (non-hydrogen) atoms. The molecule has 0 aliphatic rings. The summed E-state index contributed by atoms with van der Waals surface area (Å²) in [6.45, 7) is 1.23. The van der Waals surface area contributed by atoms with E-state index in [1.807, 2.05) is 6.07 Å². The summed E-state index contributed by atoms with van der Waals surface area (Å²) in [7, 11) is 2.94. The number of rotatable bonds is 8. The van der Waals surface area contributed by atoms with Gasteiger partial charge in [0.25, 0.3) is 0 Å². The van der Waals surface area contributed by atoms with Crippen molar-refractivity contribution in [1.82, 2.24) is 0 Å². The number of ether oxygens (including phenoxy) is 4. The minimum Gasteiger partial charge on any atom is -0.497 e. The summed E-state index contributed by atoms with van der Waals surface area (Å²) in [4.78, 5) is 12.9. The number of thiophene rings is 1. The minimum atomic E-state index is -0.333. The van der Waals surface area contributed by atoms with Crippen LogP contribution in [0.25, 0.3) is 0 Å². The van der Waals surface area contributed by atoms with E-state index >= 15 is 0 Å². The van der Waals surface area contributed by atoms with Crippen LogP contribution in [0.3, 0.4) is 0 Å². The standard InChI is InChI=1S/C16H19NO5S/c1-19-12-7-11(17)8-13(9-12)22-6-5-21-10-14-3-4-15(23-14)16(18)20-2/h3-4,7-9H,5-6,10,17H2,1-2H3. The van der Waals surface area contributed by atoms with Gasteiger partial charge < -0.3 is 24.7 Å². The molecule has 0 atom stereocenters. The zero-order valence-corrected chi connectivity index (χ0v) is 13.9. The summed E-state index contributed by atoms with van der Waals surface area (Å²) >= 11 is 1.35. The zero-order valence-electron chi connectivity index (χ0n) is 13.0. The third-order valence-corrected chi connectivity index (χ3v) is 3.97. The molecular formula is C16H19NO5S. The number of methoxy groups -OCH3 is 2. The molecule has 0 saturated carbocycles. The molecule has 0 saturated heterocycles. The average Bonchev–Trinajstić information content (AvgIpc) is 3.02. The van der Waals surface area contributed by atoms with Gasteiger partial charge in [0.05, 0.1) is 27.4 Å². The SMILES string of the molecule is COC(=O)c1ccc(COCCOc2cc(N)cc(OC)c2)s1. The molecule has 0 fully saturated rings. The maximum absolute atomic E-state index is 11.3. The predicted octanol–water partition coefficient (Wildman–Crippen LogP) is 2.72.